The SMILES string of the molecule is CCOc1ccc(Oc2cc(CNC(=O)CC3c4ccccc4CCN3C(C)=O)ccn2)cc1. The van der Waals surface area contributed by atoms with Gasteiger partial charge in [0.05, 0.1) is 19.1 Å². The summed E-state index contributed by atoms with van der Waals surface area (Å²) in [4.78, 5) is 31.0. The Morgan fingerprint density at radius 1 is 1.09 bits per heavy atom. The highest BCUT2D eigenvalue weighted by Gasteiger charge is 2.30. The Bertz CT molecular complexity index is 1150. The average Bonchev–Trinajstić information content (AvgIpc) is 2.84. The fourth-order valence-corrected chi connectivity index (χ4v) is 4.20. The molecule has 2 aromatic carbocycles. The number of ether oxygens (including phenoxy) is 2. The molecule has 1 aliphatic rings. The zero-order valence-electron chi connectivity index (χ0n) is 19.5. The standard InChI is InChI=1S/C27H29N3O4/c1-3-33-22-8-10-23(11-9-22)34-27-16-20(12-14-28-27)18-29-26(32)17-25-24-7-5-4-6-21(24)13-15-30(25)19(2)31/h4-12,14,16,25H,3,13,15,17-18H2,1-2H3,(H,29,32). The quantitative estimate of drug-likeness (QED) is 0.539. The number of amides is 2. The predicted octanol–water partition coefficient (Wildman–Crippen LogP) is 4.42. The van der Waals surface area contributed by atoms with Gasteiger partial charge in [-0.3, -0.25) is 9.59 Å². The van der Waals surface area contributed by atoms with Crippen molar-refractivity contribution in [3.8, 4) is 17.4 Å². The molecule has 4 rings (SSSR count). The summed E-state index contributed by atoms with van der Waals surface area (Å²) in [6.45, 7) is 5.07. The largest absolute Gasteiger partial charge is 0.494 e. The topological polar surface area (TPSA) is 80.8 Å². The van der Waals surface area contributed by atoms with E-state index in [1.807, 2.05) is 55.5 Å². The van der Waals surface area contributed by atoms with Crippen LogP contribution >= 0.6 is 0 Å². The van der Waals surface area contributed by atoms with Crippen molar-refractivity contribution in [3.05, 3.63) is 83.6 Å². The average molecular weight is 460 g/mol. The predicted molar refractivity (Wildman–Crippen MR) is 129 cm³/mol. The van der Waals surface area contributed by atoms with E-state index in [2.05, 4.69) is 16.4 Å². The third kappa shape index (κ3) is 5.73. The molecule has 1 atom stereocenters. The summed E-state index contributed by atoms with van der Waals surface area (Å²) in [7, 11) is 0. The minimum Gasteiger partial charge on any atom is -0.494 e. The van der Waals surface area contributed by atoms with E-state index in [-0.39, 0.29) is 24.3 Å². The molecule has 1 aliphatic heterocycles. The molecular weight excluding hydrogens is 430 g/mol. The van der Waals surface area contributed by atoms with Crippen LogP contribution < -0.4 is 14.8 Å². The Balaban J connectivity index is 1.37. The van der Waals surface area contributed by atoms with Crippen molar-refractivity contribution in [2.75, 3.05) is 13.2 Å². The van der Waals surface area contributed by atoms with Gasteiger partial charge in [0.15, 0.2) is 0 Å². The van der Waals surface area contributed by atoms with Crippen molar-refractivity contribution < 1.29 is 19.1 Å². The number of pyridine rings is 1. The zero-order valence-corrected chi connectivity index (χ0v) is 19.5. The van der Waals surface area contributed by atoms with Crippen molar-refractivity contribution in [1.82, 2.24) is 15.2 Å². The highest BCUT2D eigenvalue weighted by atomic mass is 16.5. The number of hydrogen-bond acceptors (Lipinski definition) is 5. The molecule has 1 aromatic heterocycles. The van der Waals surface area contributed by atoms with Crippen molar-refractivity contribution in [1.29, 1.82) is 0 Å². The van der Waals surface area contributed by atoms with E-state index in [0.717, 1.165) is 23.3 Å². The molecule has 1 unspecified atom stereocenters. The van der Waals surface area contributed by atoms with Gasteiger partial charge in [-0.05, 0) is 60.4 Å². The van der Waals surface area contributed by atoms with Crippen LogP contribution in [0.3, 0.4) is 0 Å². The molecule has 0 saturated carbocycles. The van der Waals surface area contributed by atoms with Gasteiger partial charge in [-0.1, -0.05) is 24.3 Å². The van der Waals surface area contributed by atoms with Crippen LogP contribution in [-0.4, -0.2) is 34.8 Å². The zero-order chi connectivity index (χ0) is 23.9. The summed E-state index contributed by atoms with van der Waals surface area (Å²) >= 11 is 0. The molecule has 1 N–H and O–H groups in total. The molecule has 0 fully saturated rings. The number of hydrogen-bond donors (Lipinski definition) is 1. The van der Waals surface area contributed by atoms with Crippen molar-refractivity contribution in [3.63, 3.8) is 0 Å². The Morgan fingerprint density at radius 3 is 2.62 bits per heavy atom. The summed E-state index contributed by atoms with van der Waals surface area (Å²) in [6, 6.07) is 18.7. The molecule has 176 valence electrons. The third-order valence-corrected chi connectivity index (χ3v) is 5.84. The fraction of sp³-hybridized carbons (Fsp3) is 0.296. The third-order valence-electron chi connectivity index (χ3n) is 5.84. The lowest BCUT2D eigenvalue weighted by atomic mass is 9.90. The first kappa shape index (κ1) is 23.3. The van der Waals surface area contributed by atoms with Crippen LogP contribution in [0.25, 0.3) is 0 Å². The van der Waals surface area contributed by atoms with E-state index < -0.39 is 0 Å². The number of carbonyl (C=O) groups excluding carboxylic acids is 2. The van der Waals surface area contributed by atoms with Gasteiger partial charge in [0.2, 0.25) is 17.7 Å². The second-order valence-corrected chi connectivity index (χ2v) is 8.17. The number of benzene rings is 2. The monoisotopic (exact) mass is 459 g/mol. The lowest BCUT2D eigenvalue weighted by molar-refractivity contribution is -0.133. The van der Waals surface area contributed by atoms with Gasteiger partial charge in [0.1, 0.15) is 11.5 Å². The maximum absolute atomic E-state index is 12.8. The van der Waals surface area contributed by atoms with Crippen LogP contribution in [0, 0.1) is 0 Å². The molecule has 2 amide bonds. The molecule has 0 radical (unpaired) electrons. The second kappa shape index (κ2) is 10.8. The number of aromatic nitrogens is 1. The molecule has 34 heavy (non-hydrogen) atoms. The summed E-state index contributed by atoms with van der Waals surface area (Å²) < 4.78 is 11.3. The van der Waals surface area contributed by atoms with E-state index >= 15 is 0 Å². The molecule has 0 spiro atoms. The molecule has 3 aromatic rings. The van der Waals surface area contributed by atoms with Gasteiger partial charge in [0, 0.05) is 32.3 Å². The van der Waals surface area contributed by atoms with Crippen molar-refractivity contribution in [2.24, 2.45) is 0 Å². The molecule has 0 bridgehead atoms. The van der Waals surface area contributed by atoms with E-state index in [9.17, 15) is 9.59 Å². The Hall–Kier alpha value is -3.87. The Kier molecular flexibility index (Phi) is 7.42. The Labute approximate surface area is 199 Å². The maximum Gasteiger partial charge on any atom is 0.222 e. The summed E-state index contributed by atoms with van der Waals surface area (Å²) in [5, 5.41) is 2.97. The van der Waals surface area contributed by atoms with Gasteiger partial charge in [-0.25, -0.2) is 4.98 Å². The number of rotatable bonds is 8. The minimum atomic E-state index is -0.251. The second-order valence-electron chi connectivity index (χ2n) is 8.17. The van der Waals surface area contributed by atoms with Crippen LogP contribution in [-0.2, 0) is 22.6 Å². The molecule has 0 saturated heterocycles. The lowest BCUT2D eigenvalue weighted by Gasteiger charge is -2.36. The van der Waals surface area contributed by atoms with Gasteiger partial charge in [-0.15, -0.1) is 0 Å². The number of nitrogens with zero attached hydrogens (tertiary/aromatic N) is 2. The van der Waals surface area contributed by atoms with Crippen LogP contribution in [0.15, 0.2) is 66.9 Å². The van der Waals surface area contributed by atoms with E-state index in [0.29, 0.717) is 31.3 Å². The first-order valence-electron chi connectivity index (χ1n) is 11.5. The molecule has 7 heteroatoms. The fourth-order valence-electron chi connectivity index (χ4n) is 4.20. The Morgan fingerprint density at radius 2 is 1.85 bits per heavy atom. The lowest BCUT2D eigenvalue weighted by Crippen LogP contribution is -2.41. The highest BCUT2D eigenvalue weighted by molar-refractivity contribution is 5.79. The minimum absolute atomic E-state index is 0.0162. The summed E-state index contributed by atoms with van der Waals surface area (Å²) in [6.07, 6.45) is 2.68. The number of nitrogens with one attached hydrogen (secondary N) is 1. The molecule has 2 heterocycles. The number of fused-ring (bicyclic) bond motifs is 1. The number of carbonyl (C=O) groups is 2. The van der Waals surface area contributed by atoms with E-state index in [1.54, 1.807) is 24.1 Å². The molecular formula is C27H29N3O4. The van der Waals surface area contributed by atoms with Gasteiger partial charge >= 0.3 is 0 Å². The van der Waals surface area contributed by atoms with Crippen LogP contribution in [0.4, 0.5) is 0 Å². The van der Waals surface area contributed by atoms with Gasteiger partial charge in [-0.2, -0.15) is 0 Å². The first-order valence-corrected chi connectivity index (χ1v) is 11.5. The first-order chi connectivity index (χ1) is 16.5. The van der Waals surface area contributed by atoms with Crippen LogP contribution in [0.2, 0.25) is 0 Å². The summed E-state index contributed by atoms with van der Waals surface area (Å²) in [5.74, 6) is 1.75. The molecule has 7 nitrogen and oxygen atoms in total. The van der Waals surface area contributed by atoms with Gasteiger partial charge in [0.25, 0.3) is 0 Å². The van der Waals surface area contributed by atoms with Gasteiger partial charge < -0.3 is 19.7 Å². The van der Waals surface area contributed by atoms with Crippen molar-refractivity contribution in [2.45, 2.75) is 39.3 Å². The highest BCUT2D eigenvalue weighted by Crippen LogP contribution is 2.32. The van der Waals surface area contributed by atoms with E-state index in [1.165, 1.54) is 5.56 Å². The summed E-state index contributed by atoms with van der Waals surface area (Å²) in [5.41, 5.74) is 3.12. The van der Waals surface area contributed by atoms with Crippen LogP contribution in [0.1, 0.15) is 43.0 Å². The maximum atomic E-state index is 12.8. The van der Waals surface area contributed by atoms with Crippen molar-refractivity contribution >= 4 is 11.8 Å². The van der Waals surface area contributed by atoms with Crippen LogP contribution in [0.5, 0.6) is 17.4 Å². The normalized spacial score (nSPS) is 14.8. The smallest absolute Gasteiger partial charge is 0.222 e. The molecule has 0 aliphatic carbocycles. The van der Waals surface area contributed by atoms with E-state index in [4.69, 9.17) is 9.47 Å².